The number of nitrogens with zero attached hydrogens (tertiary/aromatic N) is 2. The van der Waals surface area contributed by atoms with E-state index in [1.165, 1.54) is 19.2 Å². The highest BCUT2D eigenvalue weighted by Gasteiger charge is 2.31. The van der Waals surface area contributed by atoms with Crippen molar-refractivity contribution in [3.8, 4) is 0 Å². The van der Waals surface area contributed by atoms with E-state index in [0.29, 0.717) is 6.07 Å². The zero-order valence-electron chi connectivity index (χ0n) is 15.4. The van der Waals surface area contributed by atoms with Gasteiger partial charge in [0, 0.05) is 16.7 Å². The lowest BCUT2D eigenvalue weighted by Crippen LogP contribution is -2.18. The summed E-state index contributed by atoms with van der Waals surface area (Å²) < 4.78 is 38.6. The molecule has 0 radical (unpaired) electrons. The van der Waals surface area contributed by atoms with E-state index in [4.69, 9.17) is 4.84 Å². The van der Waals surface area contributed by atoms with Crippen molar-refractivity contribution in [2.45, 2.75) is 12.8 Å². The number of rotatable bonds is 8. The minimum atomic E-state index is -4.66. The fraction of sp³-hybridized carbons (Fsp3) is 0.158. The number of benzene rings is 2. The average molecular weight is 424 g/mol. The van der Waals surface area contributed by atoms with Gasteiger partial charge in [0.15, 0.2) is 11.4 Å². The molecule has 0 aliphatic carbocycles. The van der Waals surface area contributed by atoms with E-state index in [2.05, 4.69) is 15.1 Å². The molecule has 11 heteroatoms. The maximum Gasteiger partial charge on any atom is 0.416 e. The highest BCUT2D eigenvalue weighted by Crippen LogP contribution is 2.29. The van der Waals surface area contributed by atoms with Gasteiger partial charge in [0.1, 0.15) is 13.7 Å². The number of carboxylic acids is 2. The largest absolute Gasteiger partial charge is 0.476 e. The van der Waals surface area contributed by atoms with Crippen LogP contribution in [0.25, 0.3) is 0 Å². The summed E-state index contributed by atoms with van der Waals surface area (Å²) in [6, 6.07) is 9.66. The SMILES string of the molecule is CO/N=C(/C(=O)O)c1ccccc1CO/N=C(\C(=O)O)c1cccc(C(F)(F)F)c1. The third kappa shape index (κ3) is 5.56. The van der Waals surface area contributed by atoms with Crippen LogP contribution >= 0.6 is 0 Å². The Kier molecular flexibility index (Phi) is 7.13. The molecular weight excluding hydrogens is 409 g/mol. The fourth-order valence-corrected chi connectivity index (χ4v) is 2.40. The lowest BCUT2D eigenvalue weighted by atomic mass is 10.0. The normalized spacial score (nSPS) is 12.4. The van der Waals surface area contributed by atoms with Gasteiger partial charge < -0.3 is 19.9 Å². The number of alkyl halides is 3. The lowest BCUT2D eigenvalue weighted by molar-refractivity contribution is -0.137. The summed E-state index contributed by atoms with van der Waals surface area (Å²) in [5.41, 5.74) is -2.09. The van der Waals surface area contributed by atoms with Crippen molar-refractivity contribution in [2.75, 3.05) is 7.11 Å². The van der Waals surface area contributed by atoms with Gasteiger partial charge in [0.2, 0.25) is 0 Å². The molecular formula is C19H15F3N2O6. The van der Waals surface area contributed by atoms with Gasteiger partial charge >= 0.3 is 18.1 Å². The zero-order chi connectivity index (χ0) is 22.3. The van der Waals surface area contributed by atoms with Crippen LogP contribution in [0.5, 0.6) is 0 Å². The van der Waals surface area contributed by atoms with Crippen molar-refractivity contribution >= 4 is 23.4 Å². The molecule has 0 amide bonds. The van der Waals surface area contributed by atoms with Gasteiger partial charge in [-0.2, -0.15) is 13.2 Å². The molecule has 0 spiro atoms. The van der Waals surface area contributed by atoms with Gasteiger partial charge in [0.05, 0.1) is 5.56 Å². The summed E-state index contributed by atoms with van der Waals surface area (Å²) in [7, 11) is 1.17. The molecule has 8 nitrogen and oxygen atoms in total. The molecule has 158 valence electrons. The second-order valence-corrected chi connectivity index (χ2v) is 5.68. The molecule has 0 saturated carbocycles. The number of halogens is 3. The number of carboxylic acid groups (broad SMARTS) is 2. The zero-order valence-corrected chi connectivity index (χ0v) is 15.4. The Morgan fingerprint density at radius 1 is 0.967 bits per heavy atom. The first-order valence-corrected chi connectivity index (χ1v) is 8.18. The molecule has 0 unspecified atom stereocenters. The number of carbonyl (C=O) groups is 2. The van der Waals surface area contributed by atoms with Crippen molar-refractivity contribution in [3.63, 3.8) is 0 Å². The van der Waals surface area contributed by atoms with Gasteiger partial charge in [-0.1, -0.05) is 46.7 Å². The summed E-state index contributed by atoms with van der Waals surface area (Å²) in [4.78, 5) is 32.3. The summed E-state index contributed by atoms with van der Waals surface area (Å²) in [5, 5.41) is 25.4. The van der Waals surface area contributed by atoms with E-state index in [0.717, 1.165) is 18.2 Å². The topological polar surface area (TPSA) is 118 Å². The summed E-state index contributed by atoms with van der Waals surface area (Å²) in [5.74, 6) is -2.97. The lowest BCUT2D eigenvalue weighted by Gasteiger charge is -2.10. The molecule has 2 N–H and O–H groups in total. The number of hydrogen-bond acceptors (Lipinski definition) is 6. The Morgan fingerprint density at radius 2 is 1.63 bits per heavy atom. The predicted molar refractivity (Wildman–Crippen MR) is 98.0 cm³/mol. The first-order chi connectivity index (χ1) is 14.1. The van der Waals surface area contributed by atoms with Crippen LogP contribution in [-0.2, 0) is 32.0 Å². The summed E-state index contributed by atoms with van der Waals surface area (Å²) in [6.07, 6.45) is -4.66. The van der Waals surface area contributed by atoms with Crippen molar-refractivity contribution in [1.29, 1.82) is 0 Å². The van der Waals surface area contributed by atoms with Crippen molar-refractivity contribution in [1.82, 2.24) is 0 Å². The molecule has 2 aromatic carbocycles. The minimum Gasteiger partial charge on any atom is -0.476 e. The molecule has 0 aliphatic rings. The van der Waals surface area contributed by atoms with Crippen LogP contribution in [0, 0.1) is 0 Å². The minimum absolute atomic E-state index is 0.137. The Bertz CT molecular complexity index is 1000. The summed E-state index contributed by atoms with van der Waals surface area (Å²) >= 11 is 0. The Labute approximate surface area is 167 Å². The van der Waals surface area contributed by atoms with E-state index in [1.54, 1.807) is 12.1 Å². The van der Waals surface area contributed by atoms with E-state index >= 15 is 0 Å². The third-order valence-corrected chi connectivity index (χ3v) is 3.70. The van der Waals surface area contributed by atoms with Gasteiger partial charge in [-0.3, -0.25) is 0 Å². The standard InChI is InChI=1S/C19H15F3N2O6/c1-29-23-16(18(27)28)14-8-3-2-5-12(14)10-30-24-15(17(25)26)11-6-4-7-13(9-11)19(20,21)22/h2-9H,10H2,1H3,(H,25,26)(H,27,28)/b23-16+,24-15-. The second-order valence-electron chi connectivity index (χ2n) is 5.68. The molecule has 0 heterocycles. The smallest absolute Gasteiger partial charge is 0.416 e. The Balaban J connectivity index is 2.32. The molecule has 0 bridgehead atoms. The molecule has 0 atom stereocenters. The van der Waals surface area contributed by atoms with Crippen LogP contribution in [0.2, 0.25) is 0 Å². The molecule has 2 aromatic rings. The predicted octanol–water partition coefficient (Wildman–Crippen LogP) is 3.15. The molecule has 0 aliphatic heterocycles. The first kappa shape index (κ1) is 22.4. The highest BCUT2D eigenvalue weighted by molar-refractivity contribution is 6.43. The Morgan fingerprint density at radius 3 is 2.23 bits per heavy atom. The average Bonchev–Trinajstić information content (AvgIpc) is 2.69. The van der Waals surface area contributed by atoms with E-state index in [1.807, 2.05) is 0 Å². The van der Waals surface area contributed by atoms with E-state index in [9.17, 15) is 33.0 Å². The van der Waals surface area contributed by atoms with Crippen LogP contribution in [0.15, 0.2) is 58.8 Å². The molecule has 30 heavy (non-hydrogen) atoms. The van der Waals surface area contributed by atoms with Crippen LogP contribution in [-0.4, -0.2) is 40.7 Å². The first-order valence-electron chi connectivity index (χ1n) is 8.18. The van der Waals surface area contributed by atoms with Crippen LogP contribution in [0.4, 0.5) is 13.2 Å². The van der Waals surface area contributed by atoms with Crippen molar-refractivity contribution in [2.24, 2.45) is 10.3 Å². The monoisotopic (exact) mass is 424 g/mol. The van der Waals surface area contributed by atoms with Gasteiger partial charge in [-0.25, -0.2) is 9.59 Å². The molecule has 0 fully saturated rings. The Hall–Kier alpha value is -3.89. The molecule has 0 aromatic heterocycles. The van der Waals surface area contributed by atoms with Crippen LogP contribution < -0.4 is 0 Å². The number of oxime groups is 2. The number of hydrogen-bond donors (Lipinski definition) is 2. The van der Waals surface area contributed by atoms with Gasteiger partial charge in [-0.05, 0) is 12.1 Å². The van der Waals surface area contributed by atoms with E-state index in [-0.39, 0.29) is 23.3 Å². The van der Waals surface area contributed by atoms with Crippen LogP contribution in [0.1, 0.15) is 22.3 Å². The third-order valence-electron chi connectivity index (χ3n) is 3.70. The summed E-state index contributed by atoms with van der Waals surface area (Å²) in [6.45, 7) is -0.373. The maximum absolute atomic E-state index is 12.9. The van der Waals surface area contributed by atoms with Crippen molar-refractivity contribution < 1.29 is 42.6 Å². The maximum atomic E-state index is 12.9. The van der Waals surface area contributed by atoms with Crippen molar-refractivity contribution in [3.05, 3.63) is 70.8 Å². The quantitative estimate of drug-likeness (QED) is 0.497. The molecule has 2 rings (SSSR count). The fourth-order valence-electron chi connectivity index (χ4n) is 2.40. The van der Waals surface area contributed by atoms with Crippen LogP contribution in [0.3, 0.4) is 0 Å². The van der Waals surface area contributed by atoms with Gasteiger partial charge in [-0.15, -0.1) is 0 Å². The van der Waals surface area contributed by atoms with E-state index < -0.39 is 35.1 Å². The number of aliphatic carboxylic acids is 2. The highest BCUT2D eigenvalue weighted by atomic mass is 19.4. The van der Waals surface area contributed by atoms with Gasteiger partial charge in [0.25, 0.3) is 0 Å². The molecule has 0 saturated heterocycles. The second kappa shape index (κ2) is 9.54.